The molecule has 0 amide bonds. The van der Waals surface area contributed by atoms with E-state index >= 15 is 0 Å². The molecule has 0 saturated heterocycles. The van der Waals surface area contributed by atoms with Gasteiger partial charge >= 0.3 is 5.97 Å². The molecule has 0 aromatic heterocycles. The first-order valence-electron chi connectivity index (χ1n) is 5.67. The van der Waals surface area contributed by atoms with Gasteiger partial charge in [0.05, 0.1) is 25.4 Å². The lowest BCUT2D eigenvalue weighted by atomic mass is 10.2. The van der Waals surface area contributed by atoms with E-state index in [4.69, 9.17) is 4.74 Å². The van der Waals surface area contributed by atoms with E-state index in [0.717, 1.165) is 12.2 Å². The van der Waals surface area contributed by atoms with Crippen LogP contribution in [0.25, 0.3) is 0 Å². The van der Waals surface area contributed by atoms with E-state index in [9.17, 15) is 4.79 Å². The van der Waals surface area contributed by atoms with E-state index in [2.05, 4.69) is 10.1 Å². The van der Waals surface area contributed by atoms with E-state index in [0.29, 0.717) is 12.2 Å². The summed E-state index contributed by atoms with van der Waals surface area (Å²) in [5.41, 5.74) is 1.52. The number of hydrogen-bond acceptors (Lipinski definition) is 4. The zero-order chi connectivity index (χ0) is 12.7. The minimum Gasteiger partial charge on any atom is -0.465 e. The van der Waals surface area contributed by atoms with Crippen molar-refractivity contribution in [2.75, 3.05) is 25.6 Å². The van der Waals surface area contributed by atoms with Crippen LogP contribution in [0.1, 0.15) is 24.2 Å². The lowest BCUT2D eigenvalue weighted by Gasteiger charge is -2.09. The molecule has 4 nitrogen and oxygen atoms in total. The van der Waals surface area contributed by atoms with Crippen LogP contribution in [0, 0.1) is 0 Å². The molecule has 94 valence electrons. The maximum atomic E-state index is 11.2. The molecule has 0 radical (unpaired) electrons. The normalized spacial score (nSPS) is 10.4. The number of benzene rings is 1. The Morgan fingerprint density at radius 2 is 1.94 bits per heavy atom. The van der Waals surface area contributed by atoms with Gasteiger partial charge in [-0.1, -0.05) is 0 Å². The smallest absolute Gasteiger partial charge is 0.337 e. The summed E-state index contributed by atoms with van der Waals surface area (Å²) in [6.45, 7) is 5.42. The molecule has 0 heterocycles. The fourth-order valence-corrected chi connectivity index (χ4v) is 1.33. The van der Waals surface area contributed by atoms with Crippen LogP contribution in [0.15, 0.2) is 24.3 Å². The molecule has 0 fully saturated rings. The van der Waals surface area contributed by atoms with Crippen molar-refractivity contribution in [3.05, 3.63) is 29.8 Å². The van der Waals surface area contributed by atoms with Gasteiger partial charge in [0.15, 0.2) is 0 Å². The van der Waals surface area contributed by atoms with Crippen LogP contribution in [0.2, 0.25) is 0 Å². The molecule has 1 N–H and O–H groups in total. The number of ether oxygens (including phenoxy) is 2. The fraction of sp³-hybridized carbons (Fsp3) is 0.462. The average molecular weight is 237 g/mol. The minimum absolute atomic E-state index is 0.249. The van der Waals surface area contributed by atoms with E-state index in [-0.39, 0.29) is 12.1 Å². The number of esters is 1. The van der Waals surface area contributed by atoms with Gasteiger partial charge < -0.3 is 14.8 Å². The second-order valence-corrected chi connectivity index (χ2v) is 3.92. The fourth-order valence-electron chi connectivity index (χ4n) is 1.33. The first kappa shape index (κ1) is 13.5. The quantitative estimate of drug-likeness (QED) is 0.609. The van der Waals surface area contributed by atoms with Crippen molar-refractivity contribution in [1.82, 2.24) is 0 Å². The lowest BCUT2D eigenvalue weighted by Crippen LogP contribution is -2.13. The van der Waals surface area contributed by atoms with Crippen molar-refractivity contribution >= 4 is 11.7 Å². The molecule has 1 aromatic rings. The van der Waals surface area contributed by atoms with Gasteiger partial charge in [0.1, 0.15) is 0 Å². The molecule has 0 aliphatic carbocycles. The Labute approximate surface area is 102 Å². The lowest BCUT2D eigenvalue weighted by molar-refractivity contribution is 0.0600. The van der Waals surface area contributed by atoms with E-state index < -0.39 is 0 Å². The zero-order valence-corrected chi connectivity index (χ0v) is 10.5. The first-order chi connectivity index (χ1) is 8.13. The van der Waals surface area contributed by atoms with Crippen LogP contribution in [-0.4, -0.2) is 32.3 Å². The van der Waals surface area contributed by atoms with Gasteiger partial charge in [-0.15, -0.1) is 0 Å². The number of nitrogens with one attached hydrogen (secondary N) is 1. The number of carbonyl (C=O) groups is 1. The van der Waals surface area contributed by atoms with Gasteiger partial charge in [0, 0.05) is 12.2 Å². The zero-order valence-electron chi connectivity index (χ0n) is 10.5. The molecule has 17 heavy (non-hydrogen) atoms. The molecule has 1 rings (SSSR count). The van der Waals surface area contributed by atoms with E-state index in [1.807, 2.05) is 26.0 Å². The van der Waals surface area contributed by atoms with E-state index in [1.54, 1.807) is 12.1 Å². The van der Waals surface area contributed by atoms with Crippen molar-refractivity contribution in [3.8, 4) is 0 Å². The van der Waals surface area contributed by atoms with Gasteiger partial charge in [0.2, 0.25) is 0 Å². The highest BCUT2D eigenvalue weighted by atomic mass is 16.5. The molecular formula is C13H19NO3. The highest BCUT2D eigenvalue weighted by Gasteiger charge is 2.03. The monoisotopic (exact) mass is 237 g/mol. The van der Waals surface area contributed by atoms with Crippen LogP contribution in [0.3, 0.4) is 0 Å². The summed E-state index contributed by atoms with van der Waals surface area (Å²) in [5.74, 6) is -0.320. The van der Waals surface area contributed by atoms with Crippen LogP contribution in [-0.2, 0) is 9.47 Å². The summed E-state index contributed by atoms with van der Waals surface area (Å²) in [6, 6.07) is 7.16. The Bertz CT molecular complexity index is 346. The Hall–Kier alpha value is -1.55. The molecule has 0 bridgehead atoms. The van der Waals surface area contributed by atoms with Gasteiger partial charge in [-0.05, 0) is 38.1 Å². The maximum absolute atomic E-state index is 11.2. The second kappa shape index (κ2) is 6.91. The summed E-state index contributed by atoms with van der Waals surface area (Å²) in [6.07, 6.45) is 0.249. The van der Waals surface area contributed by atoms with Crippen LogP contribution in [0.4, 0.5) is 5.69 Å². The van der Waals surface area contributed by atoms with Gasteiger partial charge in [-0.25, -0.2) is 4.79 Å². The molecular weight excluding hydrogens is 218 g/mol. The maximum Gasteiger partial charge on any atom is 0.337 e. The Kier molecular flexibility index (Phi) is 5.49. The standard InChI is InChI=1S/C13H19NO3/c1-10(2)17-9-8-14-12-6-4-11(5-7-12)13(15)16-3/h4-7,10,14H,8-9H2,1-3H3. The second-order valence-electron chi connectivity index (χ2n) is 3.92. The van der Waals surface area contributed by atoms with Crippen molar-refractivity contribution in [3.63, 3.8) is 0 Å². The minimum atomic E-state index is -0.320. The van der Waals surface area contributed by atoms with Crippen molar-refractivity contribution in [1.29, 1.82) is 0 Å². The molecule has 4 heteroatoms. The first-order valence-corrected chi connectivity index (χ1v) is 5.67. The number of anilines is 1. The van der Waals surface area contributed by atoms with Crippen LogP contribution < -0.4 is 5.32 Å². The van der Waals surface area contributed by atoms with Crippen LogP contribution in [0.5, 0.6) is 0 Å². The molecule has 0 aliphatic rings. The molecule has 1 aromatic carbocycles. The largest absolute Gasteiger partial charge is 0.465 e. The third-order valence-corrected chi connectivity index (χ3v) is 2.19. The Morgan fingerprint density at radius 3 is 2.47 bits per heavy atom. The SMILES string of the molecule is COC(=O)c1ccc(NCCOC(C)C)cc1. The third-order valence-electron chi connectivity index (χ3n) is 2.19. The van der Waals surface area contributed by atoms with E-state index in [1.165, 1.54) is 7.11 Å². The number of hydrogen-bond donors (Lipinski definition) is 1. The summed E-state index contributed by atoms with van der Waals surface area (Å²) < 4.78 is 10.0. The Balaban J connectivity index is 2.38. The number of methoxy groups -OCH3 is 1. The summed E-state index contributed by atoms with van der Waals surface area (Å²) in [7, 11) is 1.37. The highest BCUT2D eigenvalue weighted by molar-refractivity contribution is 5.89. The molecule has 0 atom stereocenters. The van der Waals surface area contributed by atoms with Gasteiger partial charge in [-0.2, -0.15) is 0 Å². The summed E-state index contributed by atoms with van der Waals surface area (Å²) in [4.78, 5) is 11.2. The predicted octanol–water partition coefficient (Wildman–Crippen LogP) is 2.31. The van der Waals surface area contributed by atoms with Crippen molar-refractivity contribution in [2.45, 2.75) is 20.0 Å². The molecule has 0 spiro atoms. The number of carbonyl (C=O) groups excluding carboxylic acids is 1. The van der Waals surface area contributed by atoms with Gasteiger partial charge in [0.25, 0.3) is 0 Å². The highest BCUT2D eigenvalue weighted by Crippen LogP contribution is 2.09. The predicted molar refractivity (Wildman–Crippen MR) is 67.4 cm³/mol. The molecule has 0 unspecified atom stereocenters. The van der Waals surface area contributed by atoms with Crippen molar-refractivity contribution in [2.24, 2.45) is 0 Å². The summed E-state index contributed by atoms with van der Waals surface area (Å²) >= 11 is 0. The Morgan fingerprint density at radius 1 is 1.29 bits per heavy atom. The van der Waals surface area contributed by atoms with Gasteiger partial charge in [-0.3, -0.25) is 0 Å². The van der Waals surface area contributed by atoms with Crippen molar-refractivity contribution < 1.29 is 14.3 Å². The third kappa shape index (κ3) is 4.87. The van der Waals surface area contributed by atoms with Crippen LogP contribution >= 0.6 is 0 Å². The topological polar surface area (TPSA) is 47.6 Å². The molecule has 0 saturated carbocycles. The molecule has 0 aliphatic heterocycles. The number of rotatable bonds is 6. The average Bonchev–Trinajstić information content (AvgIpc) is 2.34. The summed E-state index contributed by atoms with van der Waals surface area (Å²) in [5, 5.41) is 3.21.